The van der Waals surface area contributed by atoms with Crippen molar-refractivity contribution in [3.63, 3.8) is 0 Å². The van der Waals surface area contributed by atoms with E-state index in [-0.39, 0.29) is 16.7 Å². The quantitative estimate of drug-likeness (QED) is 0.573. The number of hydrogen-bond donors (Lipinski definition) is 2. The Kier molecular flexibility index (Phi) is 1.45. The van der Waals surface area contributed by atoms with Crippen molar-refractivity contribution in [3.8, 4) is 0 Å². The summed E-state index contributed by atoms with van der Waals surface area (Å²) in [6.07, 6.45) is 2.77. The molecule has 0 atom stereocenters. The van der Waals surface area contributed by atoms with Crippen molar-refractivity contribution in [2.75, 3.05) is 5.73 Å². The van der Waals surface area contributed by atoms with E-state index in [1.807, 2.05) is 0 Å². The molecule has 0 bridgehead atoms. The van der Waals surface area contributed by atoms with Gasteiger partial charge in [0.2, 0.25) is 0 Å². The van der Waals surface area contributed by atoms with Crippen LogP contribution in [0.2, 0.25) is 0 Å². The first-order valence-electron chi connectivity index (χ1n) is 3.68. The van der Waals surface area contributed by atoms with Crippen molar-refractivity contribution in [1.82, 2.24) is 9.38 Å². The summed E-state index contributed by atoms with van der Waals surface area (Å²) in [7, 11) is 0. The normalized spacial score (nSPS) is 10.5. The summed E-state index contributed by atoms with van der Waals surface area (Å²) in [6.45, 7) is 0. The zero-order chi connectivity index (χ0) is 9.42. The lowest BCUT2D eigenvalue weighted by Crippen LogP contribution is -2.19. The molecule has 5 nitrogen and oxygen atoms in total. The van der Waals surface area contributed by atoms with E-state index in [9.17, 15) is 9.59 Å². The molecule has 2 aromatic rings. The summed E-state index contributed by atoms with van der Waals surface area (Å²) in [5.74, 6) is 0. The van der Waals surface area contributed by atoms with Crippen LogP contribution in [0.3, 0.4) is 0 Å². The summed E-state index contributed by atoms with van der Waals surface area (Å²) in [5.41, 5.74) is 5.46. The van der Waals surface area contributed by atoms with Gasteiger partial charge >= 0.3 is 0 Å². The van der Waals surface area contributed by atoms with Crippen LogP contribution in [0, 0.1) is 0 Å². The Balaban J connectivity index is 3.03. The molecular weight excluding hydrogens is 170 g/mol. The summed E-state index contributed by atoms with van der Waals surface area (Å²) >= 11 is 0. The van der Waals surface area contributed by atoms with Gasteiger partial charge in [0.1, 0.15) is 11.3 Å². The molecule has 0 saturated carbocycles. The van der Waals surface area contributed by atoms with Gasteiger partial charge in [0, 0.05) is 24.5 Å². The molecule has 0 aliphatic rings. The van der Waals surface area contributed by atoms with Crippen molar-refractivity contribution >= 4 is 11.3 Å². The van der Waals surface area contributed by atoms with Crippen LogP contribution in [0.4, 0.5) is 5.69 Å². The predicted molar refractivity (Wildman–Crippen MR) is 48.7 cm³/mol. The van der Waals surface area contributed by atoms with Crippen molar-refractivity contribution in [2.45, 2.75) is 0 Å². The fourth-order valence-corrected chi connectivity index (χ4v) is 1.12. The largest absolute Gasteiger partial charge is 0.393 e. The second-order valence-corrected chi connectivity index (χ2v) is 2.67. The number of nitrogens with two attached hydrogens (primary N) is 1. The van der Waals surface area contributed by atoms with Crippen LogP contribution in [-0.4, -0.2) is 9.38 Å². The maximum Gasteiger partial charge on any atom is 0.280 e. The monoisotopic (exact) mass is 177 g/mol. The lowest BCUT2D eigenvalue weighted by molar-refractivity contribution is 1.05. The molecule has 0 aromatic carbocycles. The molecule has 0 spiro atoms. The second-order valence-electron chi connectivity index (χ2n) is 2.67. The number of rotatable bonds is 0. The molecule has 0 aliphatic heterocycles. The summed E-state index contributed by atoms with van der Waals surface area (Å²) in [4.78, 5) is 25.0. The van der Waals surface area contributed by atoms with Crippen LogP contribution in [0.25, 0.3) is 5.65 Å². The lowest BCUT2D eigenvalue weighted by atomic mass is 10.4. The highest BCUT2D eigenvalue weighted by molar-refractivity contribution is 5.43. The molecular formula is C8H7N3O2. The van der Waals surface area contributed by atoms with Crippen molar-refractivity contribution in [1.29, 1.82) is 0 Å². The Morgan fingerprint density at radius 1 is 1.38 bits per heavy atom. The van der Waals surface area contributed by atoms with Gasteiger partial charge in [0.05, 0.1) is 0 Å². The molecule has 0 amide bonds. The fraction of sp³-hybridized carbons (Fsp3) is 0. The summed E-state index contributed by atoms with van der Waals surface area (Å²) in [6, 6.07) is 2.64. The Bertz CT molecular complexity index is 567. The number of fused-ring (bicyclic) bond motifs is 1. The number of pyridine rings is 1. The molecule has 0 radical (unpaired) electrons. The topological polar surface area (TPSA) is 80.4 Å². The summed E-state index contributed by atoms with van der Waals surface area (Å²) in [5, 5.41) is 0. The predicted octanol–water partition coefficient (Wildman–Crippen LogP) is -0.430. The number of nitrogens with one attached hydrogen (secondary N) is 1. The van der Waals surface area contributed by atoms with Gasteiger partial charge < -0.3 is 10.7 Å². The minimum atomic E-state index is -0.325. The molecule has 0 unspecified atom stereocenters. The first-order valence-corrected chi connectivity index (χ1v) is 3.68. The third kappa shape index (κ3) is 1.10. The number of nitrogen functional groups attached to an aromatic ring is 1. The molecule has 13 heavy (non-hydrogen) atoms. The molecule has 0 aliphatic carbocycles. The second kappa shape index (κ2) is 2.48. The van der Waals surface area contributed by atoms with Gasteiger partial charge in [-0.05, 0) is 0 Å². The van der Waals surface area contributed by atoms with E-state index >= 15 is 0 Å². The van der Waals surface area contributed by atoms with Gasteiger partial charge in [0.15, 0.2) is 5.43 Å². The maximum absolute atomic E-state index is 11.4. The molecule has 2 heterocycles. The molecule has 2 rings (SSSR count). The van der Waals surface area contributed by atoms with Gasteiger partial charge in [-0.1, -0.05) is 0 Å². The highest BCUT2D eigenvalue weighted by Gasteiger charge is 1.98. The number of nitrogens with zero attached hydrogens (tertiary/aromatic N) is 1. The Labute approximate surface area is 72.4 Å². The highest BCUT2D eigenvalue weighted by atomic mass is 16.1. The van der Waals surface area contributed by atoms with E-state index in [2.05, 4.69) is 4.98 Å². The maximum atomic E-state index is 11.4. The number of aromatic nitrogens is 2. The number of aromatic amines is 1. The number of anilines is 1. The molecule has 66 valence electrons. The molecule has 3 N–H and O–H groups in total. The van der Waals surface area contributed by atoms with Crippen LogP contribution >= 0.6 is 0 Å². The minimum Gasteiger partial charge on any atom is -0.393 e. The van der Waals surface area contributed by atoms with Crippen LogP contribution in [0.5, 0.6) is 0 Å². The van der Waals surface area contributed by atoms with Gasteiger partial charge in [-0.3, -0.25) is 14.0 Å². The number of H-pyrrole nitrogens is 1. The van der Waals surface area contributed by atoms with Gasteiger partial charge in [-0.25, -0.2) is 0 Å². The van der Waals surface area contributed by atoms with Gasteiger partial charge in [-0.2, -0.15) is 0 Å². The average Bonchev–Trinajstić information content (AvgIpc) is 2.12. The zero-order valence-corrected chi connectivity index (χ0v) is 6.65. The summed E-state index contributed by atoms with van der Waals surface area (Å²) < 4.78 is 1.29. The molecule has 0 fully saturated rings. The first-order chi connectivity index (χ1) is 6.18. The third-order valence-corrected chi connectivity index (χ3v) is 1.77. The first kappa shape index (κ1) is 7.60. The standard InChI is InChI=1S/C8H7N3O2/c9-6-4-10-7-3-5(12)1-2-11(7)8(6)13/h1-4,10H,9H2. The van der Waals surface area contributed by atoms with E-state index in [0.29, 0.717) is 5.65 Å². The third-order valence-electron chi connectivity index (χ3n) is 1.77. The highest BCUT2D eigenvalue weighted by Crippen LogP contribution is 1.93. The fourth-order valence-electron chi connectivity index (χ4n) is 1.12. The minimum absolute atomic E-state index is 0.121. The average molecular weight is 177 g/mol. The van der Waals surface area contributed by atoms with E-state index in [0.717, 1.165) is 0 Å². The lowest BCUT2D eigenvalue weighted by Gasteiger charge is -1.99. The van der Waals surface area contributed by atoms with E-state index in [1.165, 1.54) is 28.9 Å². The van der Waals surface area contributed by atoms with Gasteiger partial charge in [-0.15, -0.1) is 0 Å². The van der Waals surface area contributed by atoms with Crippen LogP contribution in [-0.2, 0) is 0 Å². The molecule has 2 aromatic heterocycles. The van der Waals surface area contributed by atoms with E-state index in [1.54, 1.807) is 0 Å². The van der Waals surface area contributed by atoms with Crippen LogP contribution in [0.15, 0.2) is 34.1 Å². The van der Waals surface area contributed by atoms with Gasteiger partial charge in [0.25, 0.3) is 5.56 Å². The number of hydrogen-bond acceptors (Lipinski definition) is 3. The Morgan fingerprint density at radius 3 is 2.92 bits per heavy atom. The smallest absolute Gasteiger partial charge is 0.280 e. The van der Waals surface area contributed by atoms with Crippen molar-refractivity contribution < 1.29 is 0 Å². The SMILES string of the molecule is Nc1c[nH]c2cc(=O)ccn2c1=O. The van der Waals surface area contributed by atoms with Crippen molar-refractivity contribution in [2.24, 2.45) is 0 Å². The Morgan fingerprint density at radius 2 is 2.15 bits per heavy atom. The molecule has 5 heteroatoms. The Hall–Kier alpha value is -2.04. The zero-order valence-electron chi connectivity index (χ0n) is 6.65. The molecule has 0 saturated heterocycles. The van der Waals surface area contributed by atoms with Crippen LogP contribution < -0.4 is 16.7 Å². The van der Waals surface area contributed by atoms with Crippen molar-refractivity contribution in [3.05, 3.63) is 45.1 Å². The van der Waals surface area contributed by atoms with Crippen LogP contribution in [0.1, 0.15) is 0 Å². The van der Waals surface area contributed by atoms with E-state index < -0.39 is 0 Å². The van der Waals surface area contributed by atoms with E-state index in [4.69, 9.17) is 5.73 Å².